The second-order valence-corrected chi connectivity index (χ2v) is 0.947. The lowest BCUT2D eigenvalue weighted by molar-refractivity contribution is 0.131. The van der Waals surface area contributed by atoms with Crippen molar-refractivity contribution in [3.05, 3.63) is 0 Å². The van der Waals surface area contributed by atoms with E-state index in [1.807, 2.05) is 0 Å². The Morgan fingerprint density at radius 3 is 1.88 bits per heavy atom. The highest BCUT2D eigenvalue weighted by molar-refractivity contribution is 5.61. The topological polar surface area (TPSA) is 35.5 Å². The third kappa shape index (κ3) is 2.39. The van der Waals surface area contributed by atoms with Gasteiger partial charge in [0.05, 0.1) is 7.18 Å². The van der Waals surface area contributed by atoms with Gasteiger partial charge in [-0.1, -0.05) is 0 Å². The van der Waals surface area contributed by atoms with Crippen LogP contribution in [0.4, 0.5) is 9.18 Å². The molecule has 3 nitrogen and oxygen atoms in total. The molecule has 0 aromatic carbocycles. The first-order valence-electron chi connectivity index (χ1n) is 2.07. The monoisotopic (exact) mass is 122 g/mol. The molecule has 0 atom stereocenters. The molecule has 0 unspecified atom stereocenters. The summed E-state index contributed by atoms with van der Waals surface area (Å²) in [6, 6.07) is 0. The van der Waals surface area contributed by atoms with Gasteiger partial charge in [-0.2, -0.15) is 0 Å². The van der Waals surface area contributed by atoms with Crippen LogP contribution in [0, 0.1) is 0 Å². The molecule has 1 rings (SSSR count). The highest BCUT2D eigenvalue weighted by Crippen LogP contribution is 1.92. The molecule has 0 saturated carbocycles. The third-order valence-electron chi connectivity index (χ3n) is 0.523. The van der Waals surface area contributed by atoms with Crippen molar-refractivity contribution < 1.29 is 18.7 Å². The molecule has 0 amide bonds. The Hall–Kier alpha value is -0.800. The number of ether oxygens (including phenoxy) is 2. The number of carbonyl (C=O) groups is 1. The molecule has 1 heterocycles. The number of hydrogen-bond donors (Lipinski definition) is 0. The number of hydrogen-bond acceptors (Lipinski definition) is 3. The summed E-state index contributed by atoms with van der Waals surface area (Å²) in [5, 5.41) is 0. The lowest BCUT2D eigenvalue weighted by atomic mass is 10.8. The van der Waals surface area contributed by atoms with E-state index in [1.165, 1.54) is 0 Å². The molecule has 48 valence electrons. The van der Waals surface area contributed by atoms with E-state index in [1.54, 1.807) is 0 Å². The summed E-state index contributed by atoms with van der Waals surface area (Å²) >= 11 is 0. The predicted octanol–water partition coefficient (Wildman–Crippen LogP) is 0.739. The van der Waals surface area contributed by atoms with Crippen molar-refractivity contribution in [2.75, 3.05) is 20.4 Å². The van der Waals surface area contributed by atoms with E-state index in [2.05, 4.69) is 9.47 Å². The smallest absolute Gasteiger partial charge is 0.431 e. The van der Waals surface area contributed by atoms with E-state index < -0.39 is 6.16 Å². The van der Waals surface area contributed by atoms with Gasteiger partial charge >= 0.3 is 6.16 Å². The molecular weight excluding hydrogens is 115 g/mol. The fraction of sp³-hybridized carbons (Fsp3) is 0.750. The molecule has 0 spiro atoms. The summed E-state index contributed by atoms with van der Waals surface area (Å²) in [7, 11) is 0.500. The number of alkyl halides is 1. The van der Waals surface area contributed by atoms with Crippen molar-refractivity contribution >= 4 is 6.16 Å². The molecule has 0 aromatic heterocycles. The van der Waals surface area contributed by atoms with Crippen molar-refractivity contribution in [3.8, 4) is 0 Å². The summed E-state index contributed by atoms with van der Waals surface area (Å²) in [6.07, 6.45) is -0.546. The number of carbonyl (C=O) groups excluding carboxylic acids is 1. The second-order valence-electron chi connectivity index (χ2n) is 0.947. The zero-order valence-electron chi connectivity index (χ0n) is 4.52. The lowest BCUT2D eigenvalue weighted by Gasteiger charge is -1.78. The maximum atomic E-state index is 9.80. The summed E-state index contributed by atoms with van der Waals surface area (Å²) in [5.74, 6) is 0. The SMILES string of the molecule is CF.O=C1OCCO1. The fourth-order valence-corrected chi connectivity index (χ4v) is 0.292. The van der Waals surface area contributed by atoms with Gasteiger partial charge < -0.3 is 9.47 Å². The average Bonchev–Trinajstić information content (AvgIpc) is 2.24. The molecule has 1 aliphatic heterocycles. The highest BCUT2D eigenvalue weighted by Gasteiger charge is 2.09. The van der Waals surface area contributed by atoms with Gasteiger partial charge in [-0.15, -0.1) is 0 Å². The Morgan fingerprint density at radius 1 is 1.38 bits per heavy atom. The summed E-state index contributed by atoms with van der Waals surface area (Å²) in [6.45, 7) is 0.831. The van der Waals surface area contributed by atoms with Crippen molar-refractivity contribution in [1.82, 2.24) is 0 Å². The molecule has 4 heteroatoms. The molecule has 0 aromatic rings. The van der Waals surface area contributed by atoms with E-state index in [0.717, 1.165) is 0 Å². The predicted molar refractivity (Wildman–Crippen MR) is 24.3 cm³/mol. The fourth-order valence-electron chi connectivity index (χ4n) is 0.292. The quantitative estimate of drug-likeness (QED) is 0.444. The normalized spacial score (nSPS) is 15.5. The van der Waals surface area contributed by atoms with Crippen molar-refractivity contribution in [1.29, 1.82) is 0 Å². The minimum absolute atomic E-state index is 0.416. The Kier molecular flexibility index (Phi) is 3.93. The Bertz CT molecular complexity index is 65.7. The summed E-state index contributed by atoms with van der Waals surface area (Å²) < 4.78 is 18.1. The Labute approximate surface area is 46.4 Å². The minimum atomic E-state index is -0.546. The number of cyclic esters (lactones) is 2. The van der Waals surface area contributed by atoms with E-state index in [4.69, 9.17) is 0 Å². The zero-order valence-corrected chi connectivity index (χ0v) is 4.52. The van der Waals surface area contributed by atoms with Crippen molar-refractivity contribution in [3.63, 3.8) is 0 Å². The molecule has 0 radical (unpaired) electrons. The second kappa shape index (κ2) is 4.36. The Morgan fingerprint density at radius 2 is 1.75 bits per heavy atom. The van der Waals surface area contributed by atoms with Crippen LogP contribution < -0.4 is 0 Å². The minimum Gasteiger partial charge on any atom is -0.431 e. The van der Waals surface area contributed by atoms with Crippen molar-refractivity contribution in [2.24, 2.45) is 0 Å². The maximum Gasteiger partial charge on any atom is 0.508 e. The first kappa shape index (κ1) is 7.20. The van der Waals surface area contributed by atoms with Crippen LogP contribution in [0.25, 0.3) is 0 Å². The van der Waals surface area contributed by atoms with E-state index in [-0.39, 0.29) is 0 Å². The molecule has 1 aliphatic rings. The van der Waals surface area contributed by atoms with Crippen LogP contribution in [0.15, 0.2) is 0 Å². The van der Waals surface area contributed by atoms with Crippen LogP contribution in [0.1, 0.15) is 0 Å². The zero-order chi connectivity index (χ0) is 6.41. The molecule has 0 bridgehead atoms. The molecule has 0 N–H and O–H groups in total. The van der Waals surface area contributed by atoms with Gasteiger partial charge in [0.1, 0.15) is 13.2 Å². The van der Waals surface area contributed by atoms with Crippen LogP contribution in [-0.2, 0) is 9.47 Å². The molecular formula is C4H7FO3. The average molecular weight is 122 g/mol. The van der Waals surface area contributed by atoms with Crippen LogP contribution in [0.3, 0.4) is 0 Å². The van der Waals surface area contributed by atoms with E-state index >= 15 is 0 Å². The third-order valence-corrected chi connectivity index (χ3v) is 0.523. The van der Waals surface area contributed by atoms with Crippen LogP contribution in [0.2, 0.25) is 0 Å². The van der Waals surface area contributed by atoms with Gasteiger partial charge in [-0.3, -0.25) is 4.39 Å². The van der Waals surface area contributed by atoms with Gasteiger partial charge in [-0.25, -0.2) is 4.79 Å². The summed E-state index contributed by atoms with van der Waals surface area (Å²) in [4.78, 5) is 9.80. The molecule has 0 aliphatic carbocycles. The number of rotatable bonds is 0. The standard InChI is InChI=1S/C3H4O3.CH3F/c4-3-5-1-2-6-3;1-2/h1-2H2;1H3. The highest BCUT2D eigenvalue weighted by atomic mass is 19.1. The van der Waals surface area contributed by atoms with Crippen LogP contribution in [-0.4, -0.2) is 26.5 Å². The first-order chi connectivity index (χ1) is 3.89. The lowest BCUT2D eigenvalue weighted by Crippen LogP contribution is -1.88. The van der Waals surface area contributed by atoms with Gasteiger partial charge in [0.15, 0.2) is 0 Å². The van der Waals surface area contributed by atoms with Crippen LogP contribution >= 0.6 is 0 Å². The van der Waals surface area contributed by atoms with Gasteiger partial charge in [0.2, 0.25) is 0 Å². The first-order valence-corrected chi connectivity index (χ1v) is 2.07. The van der Waals surface area contributed by atoms with Crippen LogP contribution in [0.5, 0.6) is 0 Å². The largest absolute Gasteiger partial charge is 0.508 e. The molecule has 1 fully saturated rings. The van der Waals surface area contributed by atoms with Gasteiger partial charge in [-0.05, 0) is 0 Å². The summed E-state index contributed by atoms with van der Waals surface area (Å²) in [5.41, 5.74) is 0. The van der Waals surface area contributed by atoms with Gasteiger partial charge in [0.25, 0.3) is 0 Å². The van der Waals surface area contributed by atoms with E-state index in [9.17, 15) is 9.18 Å². The van der Waals surface area contributed by atoms with Crippen molar-refractivity contribution in [2.45, 2.75) is 0 Å². The number of halogens is 1. The molecule has 1 saturated heterocycles. The van der Waals surface area contributed by atoms with Gasteiger partial charge in [0, 0.05) is 0 Å². The maximum absolute atomic E-state index is 9.80. The van der Waals surface area contributed by atoms with E-state index in [0.29, 0.717) is 20.4 Å². The Balaban J connectivity index is 0.000000222. The molecule has 8 heavy (non-hydrogen) atoms.